The molecule has 3 rings (SSSR count). The molecule has 96 valence electrons. The predicted molar refractivity (Wildman–Crippen MR) is 85.4 cm³/mol. The smallest absolute Gasteiger partial charge is 0.162 e. The van der Waals surface area contributed by atoms with Gasteiger partial charge in [-0.1, -0.05) is 33.8 Å². The van der Waals surface area contributed by atoms with Crippen molar-refractivity contribution in [3.63, 3.8) is 0 Å². The number of anilines is 1. The number of aliphatic imine (C=N–C) groups is 1. The summed E-state index contributed by atoms with van der Waals surface area (Å²) < 4.78 is 1.11. The van der Waals surface area contributed by atoms with Crippen molar-refractivity contribution in [3.05, 3.63) is 28.2 Å². The van der Waals surface area contributed by atoms with Crippen molar-refractivity contribution in [3.8, 4) is 0 Å². The van der Waals surface area contributed by atoms with Crippen LogP contribution in [0.15, 0.2) is 27.7 Å². The second-order valence-corrected chi connectivity index (χ2v) is 7.18. The van der Waals surface area contributed by atoms with E-state index >= 15 is 0 Å². The summed E-state index contributed by atoms with van der Waals surface area (Å²) in [4.78, 5) is 7.04. The summed E-state index contributed by atoms with van der Waals surface area (Å²) >= 11 is 7.31. The maximum Gasteiger partial charge on any atom is 0.162 e. The summed E-state index contributed by atoms with van der Waals surface area (Å²) in [5.74, 6) is 3.45. The summed E-state index contributed by atoms with van der Waals surface area (Å²) in [5.41, 5.74) is 2.44. The molecule has 3 nitrogen and oxygen atoms in total. The lowest BCUT2D eigenvalue weighted by molar-refractivity contribution is 0.422. The highest BCUT2D eigenvalue weighted by Gasteiger charge is 2.16. The van der Waals surface area contributed by atoms with E-state index in [4.69, 9.17) is 0 Å². The molecular weight excluding hydrogens is 330 g/mol. The number of halogens is 1. The van der Waals surface area contributed by atoms with E-state index < -0.39 is 0 Å². The highest BCUT2D eigenvalue weighted by atomic mass is 79.9. The minimum Gasteiger partial charge on any atom is -0.335 e. The van der Waals surface area contributed by atoms with Crippen molar-refractivity contribution < 1.29 is 0 Å². The molecule has 2 aliphatic rings. The van der Waals surface area contributed by atoms with Crippen LogP contribution in [0.5, 0.6) is 0 Å². The Balaban J connectivity index is 1.60. The summed E-state index contributed by atoms with van der Waals surface area (Å²) in [7, 11) is 0. The highest BCUT2D eigenvalue weighted by molar-refractivity contribution is 9.10. The van der Waals surface area contributed by atoms with Gasteiger partial charge in [-0.15, -0.1) is 11.8 Å². The van der Waals surface area contributed by atoms with Crippen LogP contribution in [0.1, 0.15) is 5.56 Å². The van der Waals surface area contributed by atoms with E-state index in [0.717, 1.165) is 27.9 Å². The maximum absolute atomic E-state index is 4.58. The van der Waals surface area contributed by atoms with Crippen molar-refractivity contribution in [2.24, 2.45) is 4.99 Å². The molecule has 2 heterocycles. The Bertz CT molecular complexity index is 472. The van der Waals surface area contributed by atoms with Crippen molar-refractivity contribution >= 4 is 50.3 Å². The first-order chi connectivity index (χ1) is 8.81. The van der Waals surface area contributed by atoms with Gasteiger partial charge in [0.05, 0.1) is 12.4 Å². The van der Waals surface area contributed by atoms with Crippen LogP contribution in [-0.2, 0) is 6.54 Å². The molecule has 2 aliphatic heterocycles. The fraction of sp³-hybridized carbons (Fsp3) is 0.417. The van der Waals surface area contributed by atoms with Crippen LogP contribution in [0.25, 0.3) is 0 Å². The van der Waals surface area contributed by atoms with E-state index in [9.17, 15) is 0 Å². The van der Waals surface area contributed by atoms with Crippen LogP contribution < -0.4 is 5.32 Å². The molecule has 0 unspecified atom stereocenters. The number of fused-ring (bicyclic) bond motifs is 1. The van der Waals surface area contributed by atoms with E-state index in [1.165, 1.54) is 23.5 Å². The van der Waals surface area contributed by atoms with E-state index in [0.29, 0.717) is 0 Å². The summed E-state index contributed by atoms with van der Waals surface area (Å²) in [6.07, 6.45) is 0. The molecule has 0 amide bonds. The molecule has 0 bridgehead atoms. The van der Waals surface area contributed by atoms with Crippen molar-refractivity contribution in [1.29, 1.82) is 0 Å². The first kappa shape index (κ1) is 12.8. The lowest BCUT2D eigenvalue weighted by atomic mass is 10.1. The largest absolute Gasteiger partial charge is 0.335 e. The van der Waals surface area contributed by atoms with E-state index in [1.807, 2.05) is 11.8 Å². The summed E-state index contributed by atoms with van der Waals surface area (Å²) in [6.45, 7) is 1.99. The number of nitrogens with zero attached hydrogens (tertiary/aromatic N) is 2. The molecule has 18 heavy (non-hydrogen) atoms. The maximum atomic E-state index is 4.58. The molecule has 1 saturated heterocycles. The van der Waals surface area contributed by atoms with Gasteiger partial charge < -0.3 is 5.32 Å². The zero-order valence-electron chi connectivity index (χ0n) is 9.86. The lowest BCUT2D eigenvalue weighted by Gasteiger charge is -2.20. The van der Waals surface area contributed by atoms with Gasteiger partial charge in [-0.25, -0.2) is 0 Å². The lowest BCUT2D eigenvalue weighted by Crippen LogP contribution is -2.22. The average molecular weight is 344 g/mol. The second-order valence-electron chi connectivity index (χ2n) is 4.25. The van der Waals surface area contributed by atoms with Gasteiger partial charge in [-0.3, -0.25) is 9.89 Å². The van der Waals surface area contributed by atoms with Gasteiger partial charge in [-0.05, 0) is 17.7 Å². The Labute approximate surface area is 124 Å². The van der Waals surface area contributed by atoms with Crippen LogP contribution in [0.4, 0.5) is 5.69 Å². The molecule has 1 N–H and O–H groups in total. The van der Waals surface area contributed by atoms with E-state index in [-0.39, 0.29) is 0 Å². The fourth-order valence-electron chi connectivity index (χ4n) is 1.90. The fourth-order valence-corrected chi connectivity index (χ4v) is 4.24. The number of thioether (sulfide) groups is 2. The third-order valence-electron chi connectivity index (χ3n) is 2.92. The number of hydrogen-bond acceptors (Lipinski definition) is 5. The predicted octanol–water partition coefficient (Wildman–Crippen LogP) is 3.43. The first-order valence-corrected chi connectivity index (χ1v) is 8.77. The minimum absolute atomic E-state index is 0.784. The van der Waals surface area contributed by atoms with Gasteiger partial charge in [0, 0.05) is 28.3 Å². The van der Waals surface area contributed by atoms with Gasteiger partial charge in [0.25, 0.3) is 0 Å². The third-order valence-corrected chi connectivity index (χ3v) is 5.43. The van der Waals surface area contributed by atoms with Gasteiger partial charge in [0.15, 0.2) is 5.17 Å². The molecule has 0 spiro atoms. The summed E-state index contributed by atoms with van der Waals surface area (Å²) in [6, 6.07) is 6.31. The molecule has 0 radical (unpaired) electrons. The number of amidine groups is 1. The molecular formula is C12H14BrN3S2. The third kappa shape index (κ3) is 3.04. The minimum atomic E-state index is 0.784. The standard InChI is InChI=1S/C12H14BrN3S2/c13-10-2-1-9-6-14-12(15-11(9)5-10)18-8-16-3-4-17-7-16/h1-2,5H,3-4,6-8H2,(H,14,15). The van der Waals surface area contributed by atoms with E-state index in [1.54, 1.807) is 11.8 Å². The monoisotopic (exact) mass is 343 g/mol. The average Bonchev–Trinajstić information content (AvgIpc) is 2.89. The van der Waals surface area contributed by atoms with Crippen molar-refractivity contribution in [2.45, 2.75) is 6.54 Å². The highest BCUT2D eigenvalue weighted by Crippen LogP contribution is 2.27. The van der Waals surface area contributed by atoms with Crippen LogP contribution in [0.2, 0.25) is 0 Å². The number of rotatable bonds is 2. The molecule has 1 aromatic carbocycles. The summed E-state index contributed by atoms with van der Waals surface area (Å²) in [5, 5.41) is 4.45. The van der Waals surface area contributed by atoms with Gasteiger partial charge in [-0.2, -0.15) is 0 Å². The molecule has 1 aromatic rings. The van der Waals surface area contributed by atoms with Gasteiger partial charge in [0.2, 0.25) is 0 Å². The van der Waals surface area contributed by atoms with Crippen LogP contribution in [-0.4, -0.2) is 34.1 Å². The Morgan fingerprint density at radius 2 is 2.44 bits per heavy atom. The zero-order valence-corrected chi connectivity index (χ0v) is 13.1. The van der Waals surface area contributed by atoms with Crippen molar-refractivity contribution in [1.82, 2.24) is 4.90 Å². The molecule has 6 heteroatoms. The first-order valence-electron chi connectivity index (χ1n) is 5.84. The Kier molecular flexibility index (Phi) is 4.18. The van der Waals surface area contributed by atoms with Crippen molar-refractivity contribution in [2.75, 3.05) is 29.4 Å². The van der Waals surface area contributed by atoms with E-state index in [2.05, 4.69) is 49.3 Å². The molecule has 0 atom stereocenters. The van der Waals surface area contributed by atoms with Crippen LogP contribution >= 0.6 is 39.5 Å². The number of hydrogen-bond donors (Lipinski definition) is 1. The van der Waals surface area contributed by atoms with Crippen LogP contribution in [0, 0.1) is 0 Å². The molecule has 0 aromatic heterocycles. The SMILES string of the molecule is Brc1ccc2c(c1)NC(SCN1CCSC1)=NC2. The normalized spacial score (nSPS) is 19.3. The molecule has 0 aliphatic carbocycles. The quantitative estimate of drug-likeness (QED) is 0.890. The number of nitrogens with one attached hydrogen (secondary N) is 1. The van der Waals surface area contributed by atoms with Crippen LogP contribution in [0.3, 0.4) is 0 Å². The second kappa shape index (κ2) is 5.86. The number of benzene rings is 1. The topological polar surface area (TPSA) is 27.6 Å². The van der Waals surface area contributed by atoms with Gasteiger partial charge in [0.1, 0.15) is 0 Å². The Morgan fingerprint density at radius 1 is 1.50 bits per heavy atom. The Hall–Kier alpha value is -0.170. The molecule has 1 fully saturated rings. The molecule has 0 saturated carbocycles. The Morgan fingerprint density at radius 3 is 3.28 bits per heavy atom. The zero-order chi connectivity index (χ0) is 12.4. The van der Waals surface area contributed by atoms with Gasteiger partial charge >= 0.3 is 0 Å².